The van der Waals surface area contributed by atoms with E-state index in [1.54, 1.807) is 31.0 Å². The van der Waals surface area contributed by atoms with E-state index in [0.717, 1.165) is 90.9 Å². The molecule has 12 rings (SSSR count). The van der Waals surface area contributed by atoms with Crippen LogP contribution < -0.4 is 0 Å². The molecule has 16 heteroatoms. The minimum Gasteiger partial charge on any atom is -0.386 e. The van der Waals surface area contributed by atoms with E-state index in [0.29, 0.717) is 30.8 Å². The van der Waals surface area contributed by atoms with Crippen LogP contribution in [0.25, 0.3) is 32.7 Å². The number of likely N-dealkylation sites (N-methyl/N-ethyl adjacent to an activating group) is 3. The van der Waals surface area contributed by atoms with E-state index in [9.17, 15) is 15.3 Å². The molecule has 0 saturated carbocycles. The predicted octanol–water partition coefficient (Wildman–Crippen LogP) is 9.34. The van der Waals surface area contributed by atoms with Gasteiger partial charge in [-0.3, -0.25) is 4.98 Å². The summed E-state index contributed by atoms with van der Waals surface area (Å²) in [4.78, 5) is 27.5. The molecule has 3 N–H and O–H groups in total. The van der Waals surface area contributed by atoms with Gasteiger partial charge in [-0.15, -0.1) is 0 Å². The molecule has 390 valence electrons. The fraction of sp³-hybridized carbons (Fsp3) is 0.373. The van der Waals surface area contributed by atoms with Crippen LogP contribution >= 0.6 is 23.2 Å². The summed E-state index contributed by atoms with van der Waals surface area (Å²) in [5.41, 5.74) is 13.9. The molecule has 3 aliphatic rings. The van der Waals surface area contributed by atoms with Gasteiger partial charge >= 0.3 is 0 Å². The summed E-state index contributed by atoms with van der Waals surface area (Å²) in [6, 6.07) is 22.6. The SMILES string of the molecule is CN1CCc2c(c3cc(Cl)ccc3n2C[C@@](C)(O)c2cncnc2)C1.CN1CCc2c(c3cc(Cl)ccc3n2C[C@](C)(O)c2cncnc2)C1.Cc1ccc2c(c1)c1c(n2CC(O)c2ccc(C)nc2)CCN(C)C1. The zero-order chi connectivity index (χ0) is 52.8. The molecule has 9 heterocycles. The number of benzene rings is 3. The van der Waals surface area contributed by atoms with Crippen molar-refractivity contribution in [1.29, 1.82) is 0 Å². The first kappa shape index (κ1) is 52.4. The maximum atomic E-state index is 11.1. The molecule has 14 nitrogen and oxygen atoms in total. The molecular weight excluding hydrogens is 982 g/mol. The summed E-state index contributed by atoms with van der Waals surface area (Å²) in [7, 11) is 6.44. The second-order valence-electron chi connectivity index (χ2n) is 21.4. The molecule has 3 aromatic carbocycles. The summed E-state index contributed by atoms with van der Waals surface area (Å²) >= 11 is 12.5. The molecule has 0 amide bonds. The van der Waals surface area contributed by atoms with Crippen LogP contribution in [0.5, 0.6) is 0 Å². The van der Waals surface area contributed by atoms with Gasteiger partial charge in [0.1, 0.15) is 23.9 Å². The summed E-state index contributed by atoms with van der Waals surface area (Å²) in [5, 5.41) is 38.1. The quantitative estimate of drug-likeness (QED) is 0.127. The van der Waals surface area contributed by atoms with E-state index in [1.807, 2.05) is 69.3 Å². The number of hydrogen-bond acceptors (Lipinski definition) is 11. The van der Waals surface area contributed by atoms with Crippen molar-refractivity contribution in [3.8, 4) is 0 Å². The number of halogens is 2. The van der Waals surface area contributed by atoms with Crippen molar-refractivity contribution >= 4 is 55.9 Å². The normalized spacial score (nSPS) is 17.0. The highest BCUT2D eigenvalue weighted by molar-refractivity contribution is 6.31. The average Bonchev–Trinajstić information content (AvgIpc) is 3.97. The fourth-order valence-corrected chi connectivity index (χ4v) is 11.6. The second-order valence-corrected chi connectivity index (χ2v) is 22.3. The Labute approximate surface area is 448 Å². The van der Waals surface area contributed by atoms with Crippen molar-refractivity contribution in [2.45, 2.75) is 104 Å². The van der Waals surface area contributed by atoms with Gasteiger partial charge in [-0.2, -0.15) is 0 Å². The first-order chi connectivity index (χ1) is 35.9. The van der Waals surface area contributed by atoms with Gasteiger partial charge in [-0.25, -0.2) is 19.9 Å². The number of nitrogens with zero attached hydrogens (tertiary/aromatic N) is 11. The van der Waals surface area contributed by atoms with E-state index in [-0.39, 0.29) is 0 Å². The summed E-state index contributed by atoms with van der Waals surface area (Å²) in [5.74, 6) is 0. The Morgan fingerprint density at radius 1 is 0.547 bits per heavy atom. The van der Waals surface area contributed by atoms with Gasteiger partial charge in [-0.05, 0) is 120 Å². The van der Waals surface area contributed by atoms with Gasteiger partial charge in [0, 0.05) is 172 Å². The number of aromatic nitrogens is 8. The number of aliphatic hydroxyl groups is 3. The molecule has 0 radical (unpaired) electrons. The summed E-state index contributed by atoms with van der Waals surface area (Å²) < 4.78 is 6.80. The molecule has 9 aromatic rings. The van der Waals surface area contributed by atoms with Crippen LogP contribution in [0.2, 0.25) is 10.0 Å². The minimum atomic E-state index is -1.05. The lowest BCUT2D eigenvalue weighted by molar-refractivity contribution is 0.0373. The van der Waals surface area contributed by atoms with Crippen LogP contribution in [0.3, 0.4) is 0 Å². The Balaban J connectivity index is 0.000000128. The number of rotatable bonds is 9. The zero-order valence-electron chi connectivity index (χ0n) is 44.0. The molecule has 0 spiro atoms. The maximum Gasteiger partial charge on any atom is 0.115 e. The van der Waals surface area contributed by atoms with Crippen molar-refractivity contribution in [2.75, 3.05) is 40.8 Å². The average molecular weight is 1050 g/mol. The van der Waals surface area contributed by atoms with E-state index < -0.39 is 17.3 Å². The standard InChI is InChI=1S/C21H25N3O.2C19H21ClN4O/c1-14-4-7-19-17(10-14)18-12-23(3)9-8-20(18)24(19)13-21(25)16-6-5-15(2)22-11-16;2*1-19(25,13-8-21-12-22-9-13)11-24-17-4-3-14(20)7-15(17)16-10-23(2)6-5-18(16)24/h4-7,10-11,21,25H,8-9,12-13H2,1-3H3;2*3-4,7-9,12,25H,5-6,10-11H2,1-2H3/t;2*19-/m.10/s1. The highest BCUT2D eigenvalue weighted by Crippen LogP contribution is 2.38. The second kappa shape index (κ2) is 21.5. The predicted molar refractivity (Wildman–Crippen MR) is 298 cm³/mol. The first-order valence-corrected chi connectivity index (χ1v) is 26.5. The van der Waals surface area contributed by atoms with Crippen molar-refractivity contribution in [3.63, 3.8) is 0 Å². The molecule has 75 heavy (non-hydrogen) atoms. The van der Waals surface area contributed by atoms with Crippen LogP contribution in [0, 0.1) is 13.8 Å². The molecule has 0 bridgehead atoms. The fourth-order valence-electron chi connectivity index (χ4n) is 11.3. The number of pyridine rings is 1. The lowest BCUT2D eigenvalue weighted by atomic mass is 9.98. The topological polar surface area (TPSA) is 150 Å². The lowest BCUT2D eigenvalue weighted by Crippen LogP contribution is -2.31. The van der Waals surface area contributed by atoms with Crippen molar-refractivity contribution < 1.29 is 15.3 Å². The molecule has 0 aliphatic carbocycles. The van der Waals surface area contributed by atoms with Gasteiger partial charge < -0.3 is 43.7 Å². The zero-order valence-corrected chi connectivity index (χ0v) is 45.5. The summed E-state index contributed by atoms with van der Waals surface area (Å²) in [6.45, 7) is 15.1. The molecular formula is C59H67Cl2N11O3. The number of aliphatic hydroxyl groups excluding tert-OH is 1. The van der Waals surface area contributed by atoms with Crippen LogP contribution in [0.4, 0.5) is 0 Å². The number of hydrogen-bond donors (Lipinski definition) is 3. The Morgan fingerprint density at radius 3 is 1.40 bits per heavy atom. The first-order valence-electron chi connectivity index (χ1n) is 25.8. The molecule has 1 unspecified atom stereocenters. The van der Waals surface area contributed by atoms with Gasteiger partial charge in [0.15, 0.2) is 0 Å². The third-order valence-corrected chi connectivity index (χ3v) is 15.9. The number of fused-ring (bicyclic) bond motifs is 9. The Hall–Kier alpha value is -6.07. The van der Waals surface area contributed by atoms with E-state index in [4.69, 9.17) is 23.2 Å². The Morgan fingerprint density at radius 2 is 0.960 bits per heavy atom. The van der Waals surface area contributed by atoms with Crippen molar-refractivity contribution in [1.82, 2.24) is 53.3 Å². The van der Waals surface area contributed by atoms with Crippen molar-refractivity contribution in [3.05, 3.63) is 182 Å². The Bertz CT molecular complexity index is 3330. The monoisotopic (exact) mass is 1050 g/mol. The smallest absolute Gasteiger partial charge is 0.115 e. The van der Waals surface area contributed by atoms with Crippen LogP contribution in [0.15, 0.2) is 110 Å². The molecule has 3 atom stereocenters. The summed E-state index contributed by atoms with van der Waals surface area (Å²) in [6.07, 6.45) is 13.8. The van der Waals surface area contributed by atoms with E-state index in [2.05, 4.69) is 99.6 Å². The molecule has 0 fully saturated rings. The number of aryl methyl sites for hydroxylation is 2. The Kier molecular flexibility index (Phi) is 15.0. The maximum absolute atomic E-state index is 11.1. The van der Waals surface area contributed by atoms with Gasteiger partial charge in [0.25, 0.3) is 0 Å². The van der Waals surface area contributed by atoms with E-state index in [1.165, 1.54) is 73.7 Å². The molecule has 3 aliphatic heterocycles. The molecule has 0 saturated heterocycles. The van der Waals surface area contributed by atoms with Crippen molar-refractivity contribution in [2.24, 2.45) is 0 Å². The third kappa shape index (κ3) is 11.0. The highest BCUT2D eigenvalue weighted by Gasteiger charge is 2.32. The van der Waals surface area contributed by atoms with Gasteiger partial charge in [0.2, 0.25) is 0 Å². The van der Waals surface area contributed by atoms with E-state index >= 15 is 0 Å². The van der Waals surface area contributed by atoms with Crippen LogP contribution in [-0.4, -0.2) is 109 Å². The van der Waals surface area contributed by atoms with Crippen LogP contribution in [-0.2, 0) is 69.7 Å². The molecule has 6 aromatic heterocycles. The largest absolute Gasteiger partial charge is 0.386 e. The third-order valence-electron chi connectivity index (χ3n) is 15.4. The minimum absolute atomic E-state index is 0.456. The van der Waals surface area contributed by atoms with Gasteiger partial charge in [0.05, 0.1) is 25.7 Å². The van der Waals surface area contributed by atoms with Gasteiger partial charge in [-0.1, -0.05) is 40.9 Å². The van der Waals surface area contributed by atoms with Crippen LogP contribution in [0.1, 0.15) is 81.7 Å². The lowest BCUT2D eigenvalue weighted by Gasteiger charge is -2.28. The highest BCUT2D eigenvalue weighted by atomic mass is 35.5.